The Morgan fingerprint density at radius 2 is 2.04 bits per heavy atom. The first kappa shape index (κ1) is 17.8. The van der Waals surface area contributed by atoms with Crippen LogP contribution in [0.4, 0.5) is 0 Å². The molecule has 2 fully saturated rings. The van der Waals surface area contributed by atoms with Crippen LogP contribution in [0, 0.1) is 5.92 Å². The molecule has 2 aliphatic rings. The Hall–Kier alpha value is -2.60. The van der Waals surface area contributed by atoms with Gasteiger partial charge in [0.05, 0.1) is 12.2 Å². The highest BCUT2D eigenvalue weighted by Crippen LogP contribution is 2.31. The number of rotatable bonds is 4. The molecule has 0 bridgehead atoms. The number of phenolic OH excluding ortho intramolecular Hbond substituents is 1. The van der Waals surface area contributed by atoms with Crippen molar-refractivity contribution < 1.29 is 19.4 Å². The summed E-state index contributed by atoms with van der Waals surface area (Å²) in [7, 11) is 0. The van der Waals surface area contributed by atoms with E-state index in [2.05, 4.69) is 5.32 Å². The molecule has 2 aromatic rings. The third kappa shape index (κ3) is 3.49. The van der Waals surface area contributed by atoms with Crippen LogP contribution in [0.5, 0.6) is 5.75 Å². The van der Waals surface area contributed by atoms with E-state index < -0.39 is 6.04 Å². The zero-order valence-corrected chi connectivity index (χ0v) is 15.2. The van der Waals surface area contributed by atoms with Gasteiger partial charge in [-0.15, -0.1) is 0 Å². The summed E-state index contributed by atoms with van der Waals surface area (Å²) >= 11 is 0. The molecule has 0 aromatic heterocycles. The number of ether oxygens (including phenoxy) is 1. The third-order valence-electron chi connectivity index (χ3n) is 5.54. The van der Waals surface area contributed by atoms with Gasteiger partial charge in [-0.3, -0.25) is 9.59 Å². The van der Waals surface area contributed by atoms with Crippen LogP contribution in [0.3, 0.4) is 0 Å². The number of nitrogens with one attached hydrogen (secondary N) is 1. The van der Waals surface area contributed by atoms with Crippen LogP contribution < -0.4 is 5.32 Å². The van der Waals surface area contributed by atoms with E-state index in [1.165, 1.54) is 0 Å². The summed E-state index contributed by atoms with van der Waals surface area (Å²) in [6.45, 7) is 2.53. The van der Waals surface area contributed by atoms with Crippen molar-refractivity contribution in [2.45, 2.75) is 25.3 Å². The maximum Gasteiger partial charge on any atom is 0.258 e. The highest BCUT2D eigenvalue weighted by atomic mass is 16.5. The van der Waals surface area contributed by atoms with Crippen LogP contribution in [-0.2, 0) is 9.53 Å². The van der Waals surface area contributed by atoms with Crippen molar-refractivity contribution in [2.75, 3.05) is 26.3 Å². The van der Waals surface area contributed by atoms with Gasteiger partial charge >= 0.3 is 0 Å². The highest BCUT2D eigenvalue weighted by molar-refractivity contribution is 6.05. The van der Waals surface area contributed by atoms with Crippen LogP contribution in [0.25, 0.3) is 10.8 Å². The molecule has 6 nitrogen and oxygen atoms in total. The van der Waals surface area contributed by atoms with Crippen LogP contribution in [0.15, 0.2) is 36.4 Å². The first-order chi connectivity index (χ1) is 13.1. The van der Waals surface area contributed by atoms with Crippen molar-refractivity contribution in [1.82, 2.24) is 10.2 Å². The monoisotopic (exact) mass is 368 g/mol. The number of carbonyl (C=O) groups is 2. The molecule has 0 aliphatic carbocycles. The third-order valence-corrected chi connectivity index (χ3v) is 5.54. The normalized spacial score (nSPS) is 22.3. The smallest absolute Gasteiger partial charge is 0.258 e. The summed E-state index contributed by atoms with van der Waals surface area (Å²) in [5.74, 6) is -0.0792. The van der Waals surface area contributed by atoms with E-state index in [-0.39, 0.29) is 23.1 Å². The molecule has 0 radical (unpaired) electrons. The summed E-state index contributed by atoms with van der Waals surface area (Å²) in [6, 6.07) is 10.4. The largest absolute Gasteiger partial charge is 0.506 e. The van der Waals surface area contributed by atoms with Gasteiger partial charge in [0, 0.05) is 31.0 Å². The van der Waals surface area contributed by atoms with Crippen LogP contribution >= 0.6 is 0 Å². The fourth-order valence-corrected chi connectivity index (χ4v) is 3.97. The van der Waals surface area contributed by atoms with Gasteiger partial charge < -0.3 is 20.1 Å². The predicted molar refractivity (Wildman–Crippen MR) is 102 cm³/mol. The topological polar surface area (TPSA) is 78.9 Å². The number of hydrogen-bond acceptors (Lipinski definition) is 4. The fourth-order valence-electron chi connectivity index (χ4n) is 3.97. The summed E-state index contributed by atoms with van der Waals surface area (Å²) in [6.07, 6.45) is 2.39. The first-order valence-electron chi connectivity index (χ1n) is 9.52. The average molecular weight is 368 g/mol. The standard InChI is InChI=1S/C21H24N2O4/c24-19-16-5-2-1-4-15(16)7-8-17(19)21(26)23-10-3-6-18(23)20(25)22-12-14-9-11-27-13-14/h1-2,4-5,7-8,14,18,24H,3,6,9-13H2,(H,22,25). The fraction of sp³-hybridized carbons (Fsp3) is 0.429. The van der Waals surface area contributed by atoms with Gasteiger partial charge in [0.1, 0.15) is 11.8 Å². The maximum atomic E-state index is 13.1. The van der Waals surface area contributed by atoms with E-state index in [9.17, 15) is 14.7 Å². The second-order valence-electron chi connectivity index (χ2n) is 7.31. The molecule has 6 heteroatoms. The number of likely N-dealkylation sites (tertiary alicyclic amines) is 1. The van der Waals surface area contributed by atoms with Gasteiger partial charge in [0.2, 0.25) is 5.91 Å². The Kier molecular flexibility index (Phi) is 4.99. The molecule has 4 rings (SSSR count). The average Bonchev–Trinajstić information content (AvgIpc) is 3.38. The molecule has 2 atom stereocenters. The van der Waals surface area contributed by atoms with Gasteiger partial charge in [0.15, 0.2) is 0 Å². The van der Waals surface area contributed by atoms with Crippen LogP contribution in [0.2, 0.25) is 0 Å². The maximum absolute atomic E-state index is 13.1. The minimum Gasteiger partial charge on any atom is -0.506 e. The highest BCUT2D eigenvalue weighted by Gasteiger charge is 2.35. The second kappa shape index (κ2) is 7.56. The minimum absolute atomic E-state index is 0.0211. The number of benzene rings is 2. The predicted octanol–water partition coefficient (Wildman–Crippen LogP) is 2.30. The summed E-state index contributed by atoms with van der Waals surface area (Å²) in [4.78, 5) is 27.3. The summed E-state index contributed by atoms with van der Waals surface area (Å²) in [5.41, 5.74) is 0.248. The van der Waals surface area contributed by atoms with E-state index in [1.807, 2.05) is 24.3 Å². The Bertz CT molecular complexity index is 860. The van der Waals surface area contributed by atoms with Crippen molar-refractivity contribution >= 4 is 22.6 Å². The SMILES string of the molecule is O=C(NCC1CCOC1)C1CCCN1C(=O)c1ccc2ccccc2c1O. The quantitative estimate of drug-likeness (QED) is 0.868. The number of fused-ring (bicyclic) bond motifs is 1. The zero-order valence-electron chi connectivity index (χ0n) is 15.2. The van der Waals surface area contributed by atoms with E-state index in [4.69, 9.17) is 4.74 Å². The molecule has 2 aromatic carbocycles. The molecule has 2 amide bonds. The van der Waals surface area contributed by atoms with Gasteiger partial charge in [-0.1, -0.05) is 30.3 Å². The van der Waals surface area contributed by atoms with E-state index in [1.54, 1.807) is 17.0 Å². The number of amides is 2. The van der Waals surface area contributed by atoms with Gasteiger partial charge in [-0.25, -0.2) is 0 Å². The Morgan fingerprint density at radius 1 is 1.19 bits per heavy atom. The lowest BCUT2D eigenvalue weighted by molar-refractivity contribution is -0.125. The number of nitrogens with zero attached hydrogens (tertiary/aromatic N) is 1. The number of phenols is 1. The molecular formula is C21H24N2O4. The molecule has 27 heavy (non-hydrogen) atoms. The number of hydrogen-bond donors (Lipinski definition) is 2. The van der Waals surface area contributed by atoms with Gasteiger partial charge in [-0.2, -0.15) is 0 Å². The molecule has 2 aliphatic heterocycles. The molecule has 0 spiro atoms. The van der Waals surface area contributed by atoms with Crippen molar-refractivity contribution in [3.05, 3.63) is 42.0 Å². The Morgan fingerprint density at radius 3 is 2.85 bits per heavy atom. The van der Waals surface area contributed by atoms with E-state index >= 15 is 0 Å². The van der Waals surface area contributed by atoms with Crippen molar-refractivity contribution in [2.24, 2.45) is 5.92 Å². The number of aromatic hydroxyl groups is 1. The molecule has 2 N–H and O–H groups in total. The van der Waals surface area contributed by atoms with Crippen molar-refractivity contribution in [1.29, 1.82) is 0 Å². The molecule has 2 unspecified atom stereocenters. The first-order valence-corrected chi connectivity index (χ1v) is 9.52. The second-order valence-corrected chi connectivity index (χ2v) is 7.31. The van der Waals surface area contributed by atoms with Crippen LogP contribution in [-0.4, -0.2) is 54.2 Å². The van der Waals surface area contributed by atoms with Gasteiger partial charge in [-0.05, 0) is 30.7 Å². The molecular weight excluding hydrogens is 344 g/mol. The lowest BCUT2D eigenvalue weighted by atomic mass is 10.0. The van der Waals surface area contributed by atoms with Crippen molar-refractivity contribution in [3.63, 3.8) is 0 Å². The van der Waals surface area contributed by atoms with Crippen molar-refractivity contribution in [3.8, 4) is 5.75 Å². The Labute approximate surface area is 158 Å². The van der Waals surface area contributed by atoms with Crippen LogP contribution in [0.1, 0.15) is 29.6 Å². The molecule has 0 saturated carbocycles. The molecule has 142 valence electrons. The minimum atomic E-state index is -0.481. The van der Waals surface area contributed by atoms with E-state index in [0.29, 0.717) is 37.4 Å². The molecule has 2 heterocycles. The zero-order chi connectivity index (χ0) is 18.8. The number of carbonyl (C=O) groups excluding carboxylic acids is 2. The van der Waals surface area contributed by atoms with Gasteiger partial charge in [0.25, 0.3) is 5.91 Å². The van der Waals surface area contributed by atoms with E-state index in [0.717, 1.165) is 24.8 Å². The summed E-state index contributed by atoms with van der Waals surface area (Å²) < 4.78 is 5.34. The summed E-state index contributed by atoms with van der Waals surface area (Å²) in [5, 5.41) is 15.1. The lowest BCUT2D eigenvalue weighted by Gasteiger charge is -2.25. The lowest BCUT2D eigenvalue weighted by Crippen LogP contribution is -2.47. The molecule has 2 saturated heterocycles. The Balaban J connectivity index is 1.50.